The third-order valence-electron chi connectivity index (χ3n) is 0.273. The Morgan fingerprint density at radius 2 is 2.60 bits per heavy atom. The van der Waals surface area contributed by atoms with Crippen LogP contribution in [0.5, 0.6) is 0 Å². The van der Waals surface area contributed by atoms with Crippen LogP contribution in [0.15, 0.2) is 4.63 Å². The fraction of sp³-hybridized carbons (Fsp3) is 0. The Morgan fingerprint density at radius 1 is 2.00 bits per heavy atom. The third kappa shape index (κ3) is 0.246. The van der Waals surface area contributed by atoms with Crippen molar-refractivity contribution in [2.24, 2.45) is 0 Å². The van der Waals surface area contributed by atoms with Gasteiger partial charge in [0.15, 0.2) is 0 Å². The van der Waals surface area contributed by atoms with Crippen LogP contribution in [0.3, 0.4) is 0 Å². The normalized spacial score (nSPS) is 9.00. The molecule has 0 saturated carbocycles. The minimum atomic E-state index is 0.931. The van der Waals surface area contributed by atoms with E-state index in [1.54, 1.807) is 5.59 Å². The van der Waals surface area contributed by atoms with Gasteiger partial charge in [0, 0.05) is 4.96 Å². The Hall–Kier alpha value is -0.840. The van der Waals surface area contributed by atoms with Crippen molar-refractivity contribution in [1.82, 2.24) is 10.2 Å². The SMILES string of the molecule is ONn1[nH]o1. The van der Waals surface area contributed by atoms with Crippen LogP contribution < -0.4 is 5.59 Å². The monoisotopic (exact) mass is 77.0 g/mol. The zero-order valence-electron chi connectivity index (χ0n) is 2.30. The van der Waals surface area contributed by atoms with Gasteiger partial charge in [-0.2, -0.15) is 5.59 Å². The van der Waals surface area contributed by atoms with Crippen LogP contribution in [0.4, 0.5) is 0 Å². The predicted molar refractivity (Wildman–Crippen MR) is 12.2 cm³/mol. The number of hydrogen-bond donors (Lipinski definition) is 3. The summed E-state index contributed by atoms with van der Waals surface area (Å²) >= 11 is 0. The van der Waals surface area contributed by atoms with Gasteiger partial charge in [0.1, 0.15) is 0 Å². The molecule has 0 atom stereocenters. The largest absolute Gasteiger partial charge is 0.272 e. The molecule has 5 nitrogen and oxygen atoms in total. The van der Waals surface area contributed by atoms with E-state index in [-0.39, 0.29) is 0 Å². The third-order valence-corrected chi connectivity index (χ3v) is 0.273. The van der Waals surface area contributed by atoms with E-state index in [0.717, 1.165) is 4.96 Å². The molecule has 0 spiro atoms. The molecular weight excluding hydrogens is 74.0 g/mol. The smallest absolute Gasteiger partial charge is 0.0287 e. The molecule has 0 radical (unpaired) electrons. The number of rotatable bonds is 1. The molecule has 30 valence electrons. The summed E-state index contributed by atoms with van der Waals surface area (Å²) in [5, 5.41) is 9.85. The van der Waals surface area contributed by atoms with E-state index >= 15 is 0 Å². The van der Waals surface area contributed by atoms with Gasteiger partial charge in [0.05, 0.1) is 0 Å². The fourth-order valence-electron chi connectivity index (χ4n) is 0.0612. The van der Waals surface area contributed by atoms with Gasteiger partial charge in [-0.05, 0) is 0 Å². The Bertz CT molecular complexity index is 73.3. The molecule has 0 aromatic carbocycles. The zero-order chi connectivity index (χ0) is 3.70. The number of aromatic amines is 1. The maximum absolute atomic E-state index is 7.69. The molecule has 0 amide bonds. The van der Waals surface area contributed by atoms with Gasteiger partial charge in [-0.25, -0.2) is 4.63 Å². The Kier molecular flexibility index (Phi) is 0.266. The van der Waals surface area contributed by atoms with Crippen molar-refractivity contribution < 1.29 is 9.84 Å². The topological polar surface area (TPSA) is 66.1 Å². The molecular formula is H3N3O2. The highest BCUT2D eigenvalue weighted by Crippen LogP contribution is 1.69. The summed E-state index contributed by atoms with van der Waals surface area (Å²) < 4.78 is 4.08. The first-order valence-corrected chi connectivity index (χ1v) is 1.06. The van der Waals surface area contributed by atoms with Gasteiger partial charge in [0.2, 0.25) is 0 Å². The molecule has 5 heteroatoms. The van der Waals surface area contributed by atoms with Gasteiger partial charge in [0.25, 0.3) is 0 Å². The van der Waals surface area contributed by atoms with Crippen molar-refractivity contribution in [2.45, 2.75) is 0 Å². The van der Waals surface area contributed by atoms with Crippen molar-refractivity contribution in [3.8, 4) is 0 Å². The van der Waals surface area contributed by atoms with E-state index in [2.05, 4.69) is 9.90 Å². The molecule has 0 aliphatic heterocycles. The molecule has 0 aliphatic carbocycles. The van der Waals surface area contributed by atoms with Crippen molar-refractivity contribution in [1.29, 1.82) is 0 Å². The highest BCUT2D eigenvalue weighted by molar-refractivity contribution is 4.17. The van der Waals surface area contributed by atoms with Gasteiger partial charge in [-0.1, -0.05) is 5.27 Å². The molecule has 1 aromatic heterocycles. The van der Waals surface area contributed by atoms with Gasteiger partial charge in [-0.15, -0.1) is 0 Å². The molecule has 0 fully saturated rings. The molecule has 0 unspecified atom stereocenters. The summed E-state index contributed by atoms with van der Waals surface area (Å²) in [4.78, 5) is 0.931. The van der Waals surface area contributed by atoms with Crippen LogP contribution in [0.25, 0.3) is 0 Å². The van der Waals surface area contributed by atoms with Crippen molar-refractivity contribution in [3.05, 3.63) is 0 Å². The van der Waals surface area contributed by atoms with E-state index in [1.807, 2.05) is 0 Å². The van der Waals surface area contributed by atoms with Crippen molar-refractivity contribution >= 4 is 0 Å². The first-order valence-electron chi connectivity index (χ1n) is 1.06. The van der Waals surface area contributed by atoms with E-state index < -0.39 is 0 Å². The van der Waals surface area contributed by atoms with Gasteiger partial charge in [-0.3, -0.25) is 5.21 Å². The van der Waals surface area contributed by atoms with Gasteiger partial charge < -0.3 is 0 Å². The number of hydrogen-bond acceptors (Lipinski definition) is 3. The maximum atomic E-state index is 7.69. The number of aromatic nitrogens is 2. The first kappa shape index (κ1) is 2.40. The Labute approximate surface area is 27.0 Å². The second kappa shape index (κ2) is 0.554. The van der Waals surface area contributed by atoms with Crippen LogP contribution in [0.2, 0.25) is 0 Å². The molecule has 1 aromatic rings. The molecule has 3 N–H and O–H groups in total. The first-order chi connectivity index (χ1) is 2.43. The fourth-order valence-corrected chi connectivity index (χ4v) is 0.0612. The van der Waals surface area contributed by atoms with E-state index in [4.69, 9.17) is 5.21 Å². The summed E-state index contributed by atoms with van der Waals surface area (Å²) in [6.45, 7) is 0. The van der Waals surface area contributed by atoms with Crippen LogP contribution in [0.1, 0.15) is 0 Å². The number of nitrogens with zero attached hydrogens (tertiary/aromatic N) is 1. The van der Waals surface area contributed by atoms with Crippen molar-refractivity contribution in [2.75, 3.05) is 5.59 Å². The average molecular weight is 77.0 g/mol. The number of H-pyrrole nitrogens is 1. The lowest BCUT2D eigenvalue weighted by atomic mass is 12.6. The molecule has 0 bridgehead atoms. The van der Waals surface area contributed by atoms with E-state index in [0.29, 0.717) is 0 Å². The van der Waals surface area contributed by atoms with Crippen LogP contribution in [0, 0.1) is 0 Å². The second-order valence-electron chi connectivity index (χ2n) is 0.577. The predicted octanol–water partition coefficient (Wildman–Crippen LogP) is -0.658. The van der Waals surface area contributed by atoms with Crippen LogP contribution in [-0.2, 0) is 0 Å². The molecule has 5 heavy (non-hydrogen) atoms. The zero-order valence-corrected chi connectivity index (χ0v) is 2.30. The lowest BCUT2D eigenvalue weighted by molar-refractivity contribution is 0.274. The van der Waals surface area contributed by atoms with Crippen molar-refractivity contribution in [3.63, 3.8) is 0 Å². The standard InChI is InChI=1S/H3N3O2/c4-1-3-2-5-3/h1-2,4H. The lowest BCUT2D eigenvalue weighted by Crippen LogP contribution is -1.98. The maximum Gasteiger partial charge on any atom is 0.0287 e. The molecule has 1 heterocycles. The lowest BCUT2D eigenvalue weighted by Gasteiger charge is -1.71. The quantitative estimate of drug-likeness (QED) is 0.390. The van der Waals surface area contributed by atoms with Crippen LogP contribution in [-0.4, -0.2) is 15.4 Å². The highest BCUT2D eigenvalue weighted by Gasteiger charge is 1.83. The summed E-state index contributed by atoms with van der Waals surface area (Å²) in [5.41, 5.74) is 1.64. The van der Waals surface area contributed by atoms with Crippen LogP contribution >= 0.6 is 0 Å². The number of nitrogens with one attached hydrogen (secondary N) is 2. The minimum Gasteiger partial charge on any atom is -0.272 e. The van der Waals surface area contributed by atoms with E-state index in [1.165, 1.54) is 0 Å². The second-order valence-corrected chi connectivity index (χ2v) is 0.577. The summed E-state index contributed by atoms with van der Waals surface area (Å²) in [6, 6.07) is 0. The van der Waals surface area contributed by atoms with Gasteiger partial charge >= 0.3 is 0 Å². The Morgan fingerprint density at radius 3 is 2.60 bits per heavy atom. The Balaban J connectivity index is 2.35. The molecule has 1 rings (SSSR count). The molecule has 0 aliphatic rings. The summed E-state index contributed by atoms with van der Waals surface area (Å²) in [7, 11) is 0. The van der Waals surface area contributed by atoms with E-state index in [9.17, 15) is 0 Å². The summed E-state index contributed by atoms with van der Waals surface area (Å²) in [6.07, 6.45) is 0. The minimum absolute atomic E-state index is 0.931. The highest BCUT2D eigenvalue weighted by atomic mass is 16.8. The molecule has 0 saturated heterocycles. The average Bonchev–Trinajstić information content (AvgIpc) is 2.12. The summed E-state index contributed by atoms with van der Waals surface area (Å²) in [5.74, 6) is 0.